The molecule has 0 unspecified atom stereocenters. The first-order chi connectivity index (χ1) is 8.17. The van der Waals surface area contributed by atoms with Crippen molar-refractivity contribution in [3.05, 3.63) is 23.3 Å². The van der Waals surface area contributed by atoms with Crippen LogP contribution < -0.4 is 9.47 Å². The van der Waals surface area contributed by atoms with Crippen LogP contribution in [0.15, 0.2) is 12.1 Å². The molecule has 0 bridgehead atoms. The van der Waals surface area contributed by atoms with E-state index in [1.54, 1.807) is 26.2 Å². The van der Waals surface area contributed by atoms with Gasteiger partial charge < -0.3 is 14.2 Å². The van der Waals surface area contributed by atoms with Crippen LogP contribution in [0.25, 0.3) is 0 Å². The highest BCUT2D eigenvalue weighted by atomic mass is 79.9. The van der Waals surface area contributed by atoms with Crippen LogP contribution in [-0.4, -0.2) is 26.8 Å². The molecule has 0 saturated carbocycles. The van der Waals surface area contributed by atoms with E-state index in [1.807, 2.05) is 0 Å². The summed E-state index contributed by atoms with van der Waals surface area (Å²) in [5.74, 6) is 0.748. The van der Waals surface area contributed by atoms with Gasteiger partial charge in [0.1, 0.15) is 0 Å². The summed E-state index contributed by atoms with van der Waals surface area (Å²) >= 11 is 3.33. The molecule has 94 valence electrons. The second kappa shape index (κ2) is 6.49. The van der Waals surface area contributed by atoms with E-state index in [2.05, 4.69) is 15.9 Å². The molecule has 0 amide bonds. The van der Waals surface area contributed by atoms with E-state index in [0.717, 1.165) is 5.56 Å². The van der Waals surface area contributed by atoms with Crippen molar-refractivity contribution in [2.75, 3.05) is 20.8 Å². The second-order valence-corrected chi connectivity index (χ2v) is 3.78. The predicted molar refractivity (Wildman–Crippen MR) is 68.1 cm³/mol. The average molecular weight is 303 g/mol. The molecular formula is C12H15BrO4. The molecule has 4 nitrogen and oxygen atoms in total. The number of methoxy groups -OCH3 is 2. The molecule has 0 N–H and O–H groups in total. The highest BCUT2D eigenvalue weighted by Gasteiger charge is 2.16. The summed E-state index contributed by atoms with van der Waals surface area (Å²) in [5.41, 5.74) is 1.29. The van der Waals surface area contributed by atoms with Gasteiger partial charge in [-0.1, -0.05) is 15.9 Å². The van der Waals surface area contributed by atoms with Crippen molar-refractivity contribution in [3.63, 3.8) is 0 Å². The fourth-order valence-corrected chi connectivity index (χ4v) is 1.89. The van der Waals surface area contributed by atoms with Gasteiger partial charge in [-0.15, -0.1) is 0 Å². The molecule has 0 spiro atoms. The van der Waals surface area contributed by atoms with Gasteiger partial charge in [0, 0.05) is 5.33 Å². The number of ether oxygens (including phenoxy) is 3. The van der Waals surface area contributed by atoms with Crippen molar-refractivity contribution in [1.29, 1.82) is 0 Å². The lowest BCUT2D eigenvalue weighted by molar-refractivity contribution is 0.0525. The summed E-state index contributed by atoms with van der Waals surface area (Å²) in [6, 6.07) is 3.40. The summed E-state index contributed by atoms with van der Waals surface area (Å²) in [5, 5.41) is 0.543. The molecule has 0 aliphatic heterocycles. The van der Waals surface area contributed by atoms with Gasteiger partial charge in [-0.2, -0.15) is 0 Å². The number of esters is 1. The standard InChI is InChI=1S/C12H15BrO4/c1-4-17-12(14)9-6-11(16-3)10(15-2)5-8(9)7-13/h5-6H,4,7H2,1-3H3. The van der Waals surface area contributed by atoms with E-state index in [1.165, 1.54) is 7.11 Å². The SMILES string of the molecule is CCOC(=O)c1cc(OC)c(OC)cc1CBr. The van der Waals surface area contributed by atoms with Crippen LogP contribution in [0.2, 0.25) is 0 Å². The molecule has 5 heteroatoms. The minimum absolute atomic E-state index is 0.342. The van der Waals surface area contributed by atoms with Crippen molar-refractivity contribution >= 4 is 21.9 Å². The number of halogens is 1. The Bertz CT molecular complexity index is 404. The van der Waals surface area contributed by atoms with E-state index < -0.39 is 0 Å². The lowest BCUT2D eigenvalue weighted by Crippen LogP contribution is -2.08. The van der Waals surface area contributed by atoms with Crippen LogP contribution in [0, 0.1) is 0 Å². The molecule has 17 heavy (non-hydrogen) atoms. The minimum Gasteiger partial charge on any atom is -0.493 e. The summed E-state index contributed by atoms with van der Waals surface area (Å²) in [6.45, 7) is 2.11. The molecule has 0 heterocycles. The predicted octanol–water partition coefficient (Wildman–Crippen LogP) is 2.78. The molecule has 0 fully saturated rings. The Morgan fingerprint density at radius 3 is 2.29 bits per heavy atom. The minimum atomic E-state index is -0.358. The van der Waals surface area contributed by atoms with Crippen molar-refractivity contribution in [1.82, 2.24) is 0 Å². The fraction of sp³-hybridized carbons (Fsp3) is 0.417. The van der Waals surface area contributed by atoms with Crippen LogP contribution in [-0.2, 0) is 10.1 Å². The van der Waals surface area contributed by atoms with Gasteiger partial charge >= 0.3 is 5.97 Å². The van der Waals surface area contributed by atoms with Crippen molar-refractivity contribution in [2.45, 2.75) is 12.3 Å². The molecule has 1 rings (SSSR count). The maximum absolute atomic E-state index is 11.8. The molecule has 1 aromatic rings. The number of alkyl halides is 1. The number of carbonyl (C=O) groups excluding carboxylic acids is 1. The Balaban J connectivity index is 3.23. The first kappa shape index (κ1) is 13.8. The van der Waals surface area contributed by atoms with Crippen molar-refractivity contribution < 1.29 is 19.0 Å². The Morgan fingerprint density at radius 1 is 1.24 bits per heavy atom. The Kier molecular flexibility index (Phi) is 5.28. The third-order valence-electron chi connectivity index (χ3n) is 2.25. The molecule has 0 aliphatic rings. The van der Waals surface area contributed by atoms with Gasteiger partial charge in [0.25, 0.3) is 0 Å². The summed E-state index contributed by atoms with van der Waals surface area (Å²) in [6.07, 6.45) is 0. The van der Waals surface area contributed by atoms with E-state index in [0.29, 0.717) is 29.0 Å². The lowest BCUT2D eigenvalue weighted by Gasteiger charge is -2.12. The largest absolute Gasteiger partial charge is 0.493 e. The quantitative estimate of drug-likeness (QED) is 0.620. The number of carbonyl (C=O) groups is 1. The third-order valence-corrected chi connectivity index (χ3v) is 2.85. The van der Waals surface area contributed by atoms with Crippen LogP contribution in [0.1, 0.15) is 22.8 Å². The zero-order valence-corrected chi connectivity index (χ0v) is 11.7. The van der Waals surface area contributed by atoms with E-state index in [-0.39, 0.29) is 5.97 Å². The first-order valence-corrected chi connectivity index (χ1v) is 6.28. The van der Waals surface area contributed by atoms with Gasteiger partial charge in [-0.05, 0) is 24.6 Å². The molecule has 1 aromatic carbocycles. The van der Waals surface area contributed by atoms with Gasteiger partial charge in [0.15, 0.2) is 11.5 Å². The van der Waals surface area contributed by atoms with Crippen LogP contribution >= 0.6 is 15.9 Å². The molecule has 0 radical (unpaired) electrons. The van der Waals surface area contributed by atoms with Crippen molar-refractivity contribution in [2.24, 2.45) is 0 Å². The van der Waals surface area contributed by atoms with E-state index in [9.17, 15) is 4.79 Å². The third kappa shape index (κ3) is 3.12. The zero-order chi connectivity index (χ0) is 12.8. The molecule has 0 atom stereocenters. The first-order valence-electron chi connectivity index (χ1n) is 5.15. The monoisotopic (exact) mass is 302 g/mol. The number of hydrogen-bond acceptors (Lipinski definition) is 4. The molecule has 0 aromatic heterocycles. The normalized spacial score (nSPS) is 9.88. The Hall–Kier alpha value is -1.23. The topological polar surface area (TPSA) is 44.8 Å². The van der Waals surface area contributed by atoms with E-state index >= 15 is 0 Å². The summed E-state index contributed by atoms with van der Waals surface area (Å²) in [4.78, 5) is 11.8. The summed E-state index contributed by atoms with van der Waals surface area (Å²) in [7, 11) is 3.08. The van der Waals surface area contributed by atoms with Crippen LogP contribution in [0.4, 0.5) is 0 Å². The number of rotatable bonds is 5. The highest BCUT2D eigenvalue weighted by Crippen LogP contribution is 2.31. The number of hydrogen-bond donors (Lipinski definition) is 0. The highest BCUT2D eigenvalue weighted by molar-refractivity contribution is 9.08. The Morgan fingerprint density at radius 2 is 1.82 bits per heavy atom. The smallest absolute Gasteiger partial charge is 0.338 e. The maximum Gasteiger partial charge on any atom is 0.338 e. The maximum atomic E-state index is 11.8. The Labute approximate surface area is 109 Å². The number of benzene rings is 1. The average Bonchev–Trinajstić information content (AvgIpc) is 2.37. The molecule has 0 saturated heterocycles. The summed E-state index contributed by atoms with van der Waals surface area (Å²) < 4.78 is 15.3. The van der Waals surface area contributed by atoms with Gasteiger partial charge in [0.05, 0.1) is 26.4 Å². The fourth-order valence-electron chi connectivity index (χ4n) is 1.43. The second-order valence-electron chi connectivity index (χ2n) is 3.22. The molecular weight excluding hydrogens is 288 g/mol. The van der Waals surface area contributed by atoms with Crippen LogP contribution in [0.5, 0.6) is 11.5 Å². The van der Waals surface area contributed by atoms with Crippen molar-refractivity contribution in [3.8, 4) is 11.5 Å². The van der Waals surface area contributed by atoms with E-state index in [4.69, 9.17) is 14.2 Å². The van der Waals surface area contributed by atoms with Gasteiger partial charge in [-0.3, -0.25) is 0 Å². The van der Waals surface area contributed by atoms with Crippen LogP contribution in [0.3, 0.4) is 0 Å². The molecule has 0 aliphatic carbocycles. The van der Waals surface area contributed by atoms with Gasteiger partial charge in [-0.25, -0.2) is 4.79 Å². The zero-order valence-electron chi connectivity index (χ0n) is 10.1. The van der Waals surface area contributed by atoms with Gasteiger partial charge in [0.2, 0.25) is 0 Å². The lowest BCUT2D eigenvalue weighted by atomic mass is 10.1.